The van der Waals surface area contributed by atoms with Crippen LogP contribution in [0.3, 0.4) is 0 Å². The minimum absolute atomic E-state index is 0.0963. The fourth-order valence-electron chi connectivity index (χ4n) is 4.87. The van der Waals surface area contributed by atoms with Gasteiger partial charge >= 0.3 is 0 Å². The Morgan fingerprint density at radius 1 is 1.00 bits per heavy atom. The minimum Gasteiger partial charge on any atom is -0.369 e. The van der Waals surface area contributed by atoms with E-state index in [0.29, 0.717) is 18.5 Å². The molecule has 1 aromatic carbocycles. The van der Waals surface area contributed by atoms with Crippen molar-refractivity contribution >= 4 is 17.4 Å². The largest absolute Gasteiger partial charge is 0.369 e. The Kier molecular flexibility index (Phi) is 6.99. The summed E-state index contributed by atoms with van der Waals surface area (Å²) in [6, 6.07) is 8.15. The van der Waals surface area contributed by atoms with Crippen molar-refractivity contribution in [3.05, 3.63) is 29.8 Å². The smallest absolute Gasteiger partial charge is 0.234 e. The van der Waals surface area contributed by atoms with Crippen LogP contribution in [0.2, 0.25) is 0 Å². The summed E-state index contributed by atoms with van der Waals surface area (Å²) in [5, 5.41) is 3.36. The van der Waals surface area contributed by atoms with E-state index in [4.69, 9.17) is 0 Å². The van der Waals surface area contributed by atoms with Gasteiger partial charge in [0, 0.05) is 43.5 Å². The van der Waals surface area contributed by atoms with Crippen LogP contribution in [0.15, 0.2) is 24.3 Å². The molecular weight excluding hydrogens is 362 g/mol. The van der Waals surface area contributed by atoms with E-state index < -0.39 is 0 Å². The van der Waals surface area contributed by atoms with Gasteiger partial charge in [-0.05, 0) is 55.4 Å². The quantitative estimate of drug-likeness (QED) is 0.767. The van der Waals surface area contributed by atoms with Crippen molar-refractivity contribution in [2.75, 3.05) is 37.6 Å². The highest BCUT2D eigenvalue weighted by Gasteiger charge is 2.35. The van der Waals surface area contributed by atoms with Crippen LogP contribution >= 0.6 is 0 Å². The molecule has 2 aliphatic rings. The van der Waals surface area contributed by atoms with Crippen molar-refractivity contribution in [3.63, 3.8) is 0 Å². The van der Waals surface area contributed by atoms with Crippen molar-refractivity contribution in [2.45, 2.75) is 59.4 Å². The molecule has 1 aliphatic heterocycles. The summed E-state index contributed by atoms with van der Waals surface area (Å²) in [7, 11) is 0. The number of hydrogen-bond acceptors (Lipinski definition) is 4. The van der Waals surface area contributed by atoms with Gasteiger partial charge in [-0.15, -0.1) is 0 Å². The topological polar surface area (TPSA) is 52.7 Å². The van der Waals surface area contributed by atoms with Gasteiger partial charge in [-0.2, -0.15) is 0 Å². The van der Waals surface area contributed by atoms with Gasteiger partial charge in [0.2, 0.25) is 5.91 Å². The molecule has 0 bridgehead atoms. The fourth-order valence-corrected chi connectivity index (χ4v) is 4.87. The third-order valence-electron chi connectivity index (χ3n) is 6.60. The number of Topliss-reactive ketones (excluding diaryl/α,β-unsaturated/α-hetero) is 1. The van der Waals surface area contributed by atoms with Crippen molar-refractivity contribution in [3.8, 4) is 0 Å². The SMILES string of the molecule is CC(=O)c1ccc(N2CCN(CC(=O)N[C@@H]3CCCC[C@H]3C(C)(C)C)CC2)cc1. The number of carbonyl (C=O) groups is 2. The van der Waals surface area contributed by atoms with Crippen molar-refractivity contribution in [1.82, 2.24) is 10.2 Å². The third kappa shape index (κ3) is 5.81. The van der Waals surface area contributed by atoms with E-state index in [1.54, 1.807) is 6.92 Å². The maximum atomic E-state index is 12.7. The van der Waals surface area contributed by atoms with E-state index in [1.807, 2.05) is 24.3 Å². The first-order valence-electron chi connectivity index (χ1n) is 11.1. The van der Waals surface area contributed by atoms with Gasteiger partial charge in [0.15, 0.2) is 5.78 Å². The van der Waals surface area contributed by atoms with Crippen LogP contribution in [0, 0.1) is 11.3 Å². The fraction of sp³-hybridized carbons (Fsp3) is 0.667. The van der Waals surface area contributed by atoms with Crippen molar-refractivity contribution in [2.24, 2.45) is 11.3 Å². The average Bonchev–Trinajstić information content (AvgIpc) is 2.68. The first-order chi connectivity index (χ1) is 13.7. The second kappa shape index (κ2) is 9.29. The van der Waals surface area contributed by atoms with Crippen molar-refractivity contribution in [1.29, 1.82) is 0 Å². The summed E-state index contributed by atoms with van der Waals surface area (Å²) >= 11 is 0. The van der Waals surface area contributed by atoms with E-state index >= 15 is 0 Å². The molecule has 5 heteroatoms. The van der Waals surface area contributed by atoms with Gasteiger partial charge < -0.3 is 10.2 Å². The summed E-state index contributed by atoms with van der Waals surface area (Å²) in [4.78, 5) is 28.7. The molecule has 2 fully saturated rings. The number of nitrogens with zero attached hydrogens (tertiary/aromatic N) is 2. The molecule has 29 heavy (non-hydrogen) atoms. The number of benzene rings is 1. The normalized spacial score (nSPS) is 23.7. The molecular formula is C24H37N3O2. The Balaban J connectivity index is 1.47. The number of carbonyl (C=O) groups excluding carboxylic acids is 2. The summed E-state index contributed by atoms with van der Waals surface area (Å²) in [5.74, 6) is 0.833. The molecule has 0 spiro atoms. The lowest BCUT2D eigenvalue weighted by atomic mass is 9.69. The minimum atomic E-state index is 0.0963. The molecule has 0 radical (unpaired) electrons. The van der Waals surface area contributed by atoms with E-state index in [-0.39, 0.29) is 17.1 Å². The lowest BCUT2D eigenvalue weighted by molar-refractivity contribution is -0.124. The number of ketones is 1. The van der Waals surface area contributed by atoms with Gasteiger partial charge in [0.25, 0.3) is 0 Å². The molecule has 0 unspecified atom stereocenters. The predicted octanol–water partition coefficient (Wildman–Crippen LogP) is 3.73. The van der Waals surface area contributed by atoms with Gasteiger partial charge in [-0.1, -0.05) is 33.6 Å². The molecule has 1 N–H and O–H groups in total. The highest BCUT2D eigenvalue weighted by atomic mass is 16.2. The van der Waals surface area contributed by atoms with E-state index in [2.05, 4.69) is 35.9 Å². The molecule has 160 valence electrons. The first-order valence-corrected chi connectivity index (χ1v) is 11.1. The Hall–Kier alpha value is -1.88. The summed E-state index contributed by atoms with van der Waals surface area (Å²) in [6.07, 6.45) is 4.83. The van der Waals surface area contributed by atoms with Crippen LogP contribution in [0.5, 0.6) is 0 Å². The maximum Gasteiger partial charge on any atom is 0.234 e. The molecule has 1 amide bonds. The highest BCUT2D eigenvalue weighted by Crippen LogP contribution is 2.38. The van der Waals surface area contributed by atoms with Crippen LogP contribution in [0.4, 0.5) is 5.69 Å². The molecule has 3 rings (SSSR count). The van der Waals surface area contributed by atoms with E-state index in [9.17, 15) is 9.59 Å². The maximum absolute atomic E-state index is 12.7. The lowest BCUT2D eigenvalue weighted by Crippen LogP contribution is -2.52. The van der Waals surface area contributed by atoms with Gasteiger partial charge in [-0.3, -0.25) is 14.5 Å². The van der Waals surface area contributed by atoms with Crippen LogP contribution in [0.25, 0.3) is 0 Å². The summed E-state index contributed by atoms with van der Waals surface area (Å²) in [6.45, 7) is 12.5. The predicted molar refractivity (Wildman–Crippen MR) is 118 cm³/mol. The number of amides is 1. The monoisotopic (exact) mass is 399 g/mol. The number of anilines is 1. The summed E-state index contributed by atoms with van der Waals surface area (Å²) in [5.41, 5.74) is 2.14. The Morgan fingerprint density at radius 2 is 1.62 bits per heavy atom. The van der Waals surface area contributed by atoms with E-state index in [1.165, 1.54) is 19.3 Å². The molecule has 1 heterocycles. The Morgan fingerprint density at radius 3 is 2.21 bits per heavy atom. The van der Waals surface area contributed by atoms with Gasteiger partial charge in [0.05, 0.1) is 6.54 Å². The van der Waals surface area contributed by atoms with E-state index in [0.717, 1.165) is 43.9 Å². The van der Waals surface area contributed by atoms with Gasteiger partial charge in [0.1, 0.15) is 0 Å². The van der Waals surface area contributed by atoms with Crippen LogP contribution in [-0.2, 0) is 4.79 Å². The Labute approximate surface area is 175 Å². The lowest BCUT2D eigenvalue weighted by Gasteiger charge is -2.41. The number of rotatable bonds is 5. The van der Waals surface area contributed by atoms with Gasteiger partial charge in [-0.25, -0.2) is 0 Å². The molecule has 0 aromatic heterocycles. The standard InChI is InChI=1S/C24H37N3O2/c1-18(28)19-9-11-20(12-10-19)27-15-13-26(14-16-27)17-23(29)25-22-8-6-5-7-21(22)24(2,3)4/h9-12,21-22H,5-8,13-17H2,1-4H3,(H,25,29)/t21-,22-/m1/s1. The molecule has 5 nitrogen and oxygen atoms in total. The molecule has 1 saturated heterocycles. The van der Waals surface area contributed by atoms with Crippen molar-refractivity contribution < 1.29 is 9.59 Å². The molecule has 1 aromatic rings. The number of nitrogens with one attached hydrogen (secondary N) is 1. The number of piperazine rings is 1. The van der Waals surface area contributed by atoms with Crippen LogP contribution in [-0.4, -0.2) is 55.4 Å². The zero-order valence-corrected chi connectivity index (χ0v) is 18.5. The molecule has 1 aliphatic carbocycles. The number of hydrogen-bond donors (Lipinski definition) is 1. The zero-order valence-electron chi connectivity index (χ0n) is 18.5. The molecule has 2 atom stereocenters. The van der Waals surface area contributed by atoms with Crippen LogP contribution in [0.1, 0.15) is 63.7 Å². The Bertz CT molecular complexity index is 700. The highest BCUT2D eigenvalue weighted by molar-refractivity contribution is 5.94. The zero-order chi connectivity index (χ0) is 21.0. The van der Waals surface area contributed by atoms with Crippen LogP contribution < -0.4 is 10.2 Å². The average molecular weight is 400 g/mol. The molecule has 1 saturated carbocycles. The second-order valence-corrected chi connectivity index (χ2v) is 9.80. The first kappa shape index (κ1) is 21.8. The third-order valence-corrected chi connectivity index (χ3v) is 6.60. The second-order valence-electron chi connectivity index (χ2n) is 9.80. The summed E-state index contributed by atoms with van der Waals surface area (Å²) < 4.78 is 0.